The Morgan fingerprint density at radius 1 is 0.931 bits per heavy atom. The number of thioether (sulfide) groups is 1. The molecule has 0 saturated carbocycles. The number of hydrogen-bond donors (Lipinski definition) is 0. The van der Waals surface area contributed by atoms with Crippen LogP contribution >= 0.6 is 11.8 Å². The third kappa shape index (κ3) is 4.78. The molecule has 1 amide bonds. The zero-order chi connectivity index (χ0) is 21.4. The lowest BCUT2D eigenvalue weighted by Crippen LogP contribution is -2.33. The molecule has 29 heavy (non-hydrogen) atoms. The van der Waals surface area contributed by atoms with Crippen LogP contribution in [0, 0.1) is 0 Å². The molecular formula is C26H33NOS. The Morgan fingerprint density at radius 2 is 1.52 bits per heavy atom. The molecule has 0 spiro atoms. The lowest BCUT2D eigenvalue weighted by Gasteiger charge is -2.42. The predicted octanol–water partition coefficient (Wildman–Crippen LogP) is 7.37. The van der Waals surface area contributed by atoms with E-state index in [1.165, 1.54) is 46.9 Å². The van der Waals surface area contributed by atoms with E-state index in [9.17, 15) is 4.79 Å². The minimum atomic E-state index is 0.0454. The zero-order valence-corrected chi connectivity index (χ0v) is 19.6. The van der Waals surface area contributed by atoms with Gasteiger partial charge in [-0.3, -0.25) is 4.79 Å². The zero-order valence-electron chi connectivity index (χ0n) is 18.8. The summed E-state index contributed by atoms with van der Waals surface area (Å²) in [6.07, 6.45) is 4.69. The molecule has 0 atom stereocenters. The summed E-state index contributed by atoms with van der Waals surface area (Å²) in [4.78, 5) is 14.4. The van der Waals surface area contributed by atoms with Gasteiger partial charge in [-0.1, -0.05) is 64.1 Å². The highest BCUT2D eigenvalue weighted by Crippen LogP contribution is 2.46. The highest BCUT2D eigenvalue weighted by Gasteiger charge is 2.36. The highest BCUT2D eigenvalue weighted by atomic mass is 32.2. The van der Waals surface area contributed by atoms with Gasteiger partial charge in [-0.2, -0.15) is 0 Å². The summed E-state index contributed by atoms with van der Waals surface area (Å²) in [5.74, 6) is 0. The van der Waals surface area contributed by atoms with Crippen LogP contribution in [-0.2, 0) is 10.8 Å². The Morgan fingerprint density at radius 3 is 2.10 bits per heavy atom. The van der Waals surface area contributed by atoms with Gasteiger partial charge in [-0.25, -0.2) is 0 Å². The monoisotopic (exact) mass is 407 g/mol. The molecule has 0 heterocycles. The predicted molar refractivity (Wildman–Crippen MR) is 127 cm³/mol. The van der Waals surface area contributed by atoms with Crippen molar-refractivity contribution in [1.82, 2.24) is 4.90 Å². The molecule has 1 aliphatic carbocycles. The van der Waals surface area contributed by atoms with Crippen molar-refractivity contribution in [2.45, 2.75) is 63.2 Å². The van der Waals surface area contributed by atoms with E-state index < -0.39 is 0 Å². The van der Waals surface area contributed by atoms with E-state index in [0.717, 1.165) is 10.5 Å². The average molecular weight is 408 g/mol. The van der Waals surface area contributed by atoms with E-state index in [1.54, 1.807) is 19.0 Å². The molecule has 0 radical (unpaired) electrons. The number of hydrogen-bond acceptors (Lipinski definition) is 2. The number of rotatable bonds is 3. The van der Waals surface area contributed by atoms with Gasteiger partial charge in [0.15, 0.2) is 0 Å². The molecule has 0 aliphatic heterocycles. The summed E-state index contributed by atoms with van der Waals surface area (Å²) in [6.45, 7) is 11.7. The van der Waals surface area contributed by atoms with Crippen LogP contribution in [0.25, 0.3) is 11.6 Å². The van der Waals surface area contributed by atoms with Gasteiger partial charge in [0.2, 0.25) is 0 Å². The van der Waals surface area contributed by atoms with Gasteiger partial charge >= 0.3 is 0 Å². The standard InChI is InChI=1S/C26H33NOS/c1-18(16-19-8-11-21(12-9-19)29-24(28)27(6)7)20-10-13-22-23(17-20)26(4,5)15-14-25(22,2)3/h8-13,16-17H,14-15H2,1-7H3/b18-16+. The Bertz CT molecular complexity index is 936. The minimum absolute atomic E-state index is 0.0454. The van der Waals surface area contributed by atoms with E-state index in [2.05, 4.69) is 71.0 Å². The third-order valence-corrected chi connectivity index (χ3v) is 7.19. The molecule has 0 fully saturated rings. The van der Waals surface area contributed by atoms with Crippen LogP contribution in [0.2, 0.25) is 0 Å². The molecule has 1 aliphatic rings. The summed E-state index contributed by atoms with van der Waals surface area (Å²) in [7, 11) is 3.55. The van der Waals surface area contributed by atoms with Gasteiger partial charge in [-0.15, -0.1) is 0 Å². The number of allylic oxidation sites excluding steroid dienone is 1. The van der Waals surface area contributed by atoms with Gasteiger partial charge in [0.25, 0.3) is 5.24 Å². The first kappa shape index (κ1) is 21.7. The topological polar surface area (TPSA) is 20.3 Å². The van der Waals surface area contributed by atoms with Crippen LogP contribution in [-0.4, -0.2) is 24.2 Å². The second-order valence-corrected chi connectivity index (χ2v) is 10.7. The first-order valence-corrected chi connectivity index (χ1v) is 11.1. The molecule has 0 aromatic heterocycles. The van der Waals surface area contributed by atoms with E-state index in [4.69, 9.17) is 0 Å². The van der Waals surface area contributed by atoms with Crippen LogP contribution in [0.4, 0.5) is 4.79 Å². The molecule has 2 aromatic rings. The molecule has 3 heteroatoms. The van der Waals surface area contributed by atoms with Crippen LogP contribution in [0.3, 0.4) is 0 Å². The Balaban J connectivity index is 1.86. The molecule has 2 nitrogen and oxygen atoms in total. The van der Waals surface area contributed by atoms with Gasteiger partial charge in [0, 0.05) is 19.0 Å². The maximum absolute atomic E-state index is 11.9. The van der Waals surface area contributed by atoms with Gasteiger partial charge in [0.05, 0.1) is 0 Å². The van der Waals surface area contributed by atoms with Crippen molar-refractivity contribution < 1.29 is 4.79 Å². The fourth-order valence-electron chi connectivity index (χ4n) is 3.99. The fraction of sp³-hybridized carbons (Fsp3) is 0.423. The van der Waals surface area contributed by atoms with Crippen LogP contribution in [0.15, 0.2) is 47.4 Å². The lowest BCUT2D eigenvalue weighted by molar-refractivity contribution is 0.241. The number of fused-ring (bicyclic) bond motifs is 1. The van der Waals surface area contributed by atoms with Crippen molar-refractivity contribution in [1.29, 1.82) is 0 Å². The van der Waals surface area contributed by atoms with E-state index in [1.807, 2.05) is 12.1 Å². The van der Waals surface area contributed by atoms with Crippen molar-refractivity contribution in [3.63, 3.8) is 0 Å². The fourth-order valence-corrected chi connectivity index (χ4v) is 4.65. The Kier molecular flexibility index (Phi) is 6.01. The second-order valence-electron chi connectivity index (χ2n) is 9.69. The van der Waals surface area contributed by atoms with E-state index in [-0.39, 0.29) is 16.1 Å². The van der Waals surface area contributed by atoms with E-state index >= 15 is 0 Å². The van der Waals surface area contributed by atoms with E-state index in [0.29, 0.717) is 0 Å². The summed E-state index contributed by atoms with van der Waals surface area (Å²) >= 11 is 1.26. The summed E-state index contributed by atoms with van der Waals surface area (Å²) in [5.41, 5.74) is 7.16. The first-order valence-electron chi connectivity index (χ1n) is 10.3. The van der Waals surface area contributed by atoms with Gasteiger partial charge in [-0.05, 0) is 82.3 Å². The van der Waals surface area contributed by atoms with Crippen molar-refractivity contribution >= 4 is 28.7 Å². The molecule has 0 saturated heterocycles. The normalized spacial score (nSPS) is 17.6. The van der Waals surface area contributed by atoms with Crippen molar-refractivity contribution in [3.05, 3.63) is 64.7 Å². The van der Waals surface area contributed by atoms with Crippen LogP contribution < -0.4 is 0 Å². The Hall–Kier alpha value is -2.00. The van der Waals surface area contributed by atoms with Gasteiger partial charge in [0.1, 0.15) is 0 Å². The maximum atomic E-state index is 11.9. The van der Waals surface area contributed by atoms with Crippen LogP contribution in [0.5, 0.6) is 0 Å². The van der Waals surface area contributed by atoms with Crippen LogP contribution in [0.1, 0.15) is 69.7 Å². The molecule has 0 unspecified atom stereocenters. The van der Waals surface area contributed by atoms with Crippen molar-refractivity contribution in [2.24, 2.45) is 0 Å². The first-order chi connectivity index (χ1) is 13.5. The largest absolute Gasteiger partial charge is 0.339 e. The summed E-state index contributed by atoms with van der Waals surface area (Å²) in [6, 6.07) is 15.2. The number of amides is 1. The van der Waals surface area contributed by atoms with Crippen molar-refractivity contribution in [3.8, 4) is 0 Å². The Labute approximate surface area is 180 Å². The second kappa shape index (κ2) is 8.02. The van der Waals surface area contributed by atoms with Gasteiger partial charge < -0.3 is 4.90 Å². The number of carbonyl (C=O) groups is 1. The quantitative estimate of drug-likeness (QED) is 0.391. The number of nitrogens with zero attached hydrogens (tertiary/aromatic N) is 1. The SMILES string of the molecule is C/C(=C\c1ccc(SC(=O)N(C)C)cc1)c1ccc2c(c1)C(C)(C)CCC2(C)C. The number of carbonyl (C=O) groups excluding carboxylic acids is 1. The molecule has 0 bridgehead atoms. The molecule has 0 N–H and O–H groups in total. The highest BCUT2D eigenvalue weighted by molar-refractivity contribution is 8.13. The maximum Gasteiger partial charge on any atom is 0.285 e. The summed E-state index contributed by atoms with van der Waals surface area (Å²) < 4.78 is 0. The third-order valence-electron chi connectivity index (χ3n) is 6.14. The molecular weight excluding hydrogens is 374 g/mol. The lowest BCUT2D eigenvalue weighted by atomic mass is 9.63. The summed E-state index contributed by atoms with van der Waals surface area (Å²) in [5, 5.41) is 0.0454. The minimum Gasteiger partial charge on any atom is -0.339 e. The molecule has 2 aromatic carbocycles. The van der Waals surface area contributed by atoms with Crippen molar-refractivity contribution in [2.75, 3.05) is 14.1 Å². The molecule has 154 valence electrons. The molecule has 3 rings (SSSR count). The average Bonchev–Trinajstić information content (AvgIpc) is 2.66. The smallest absolute Gasteiger partial charge is 0.285 e. The number of benzene rings is 2.